The van der Waals surface area contributed by atoms with Gasteiger partial charge < -0.3 is 10.0 Å². The number of aliphatic hydroxyl groups excluding tert-OH is 1. The lowest BCUT2D eigenvalue weighted by Crippen LogP contribution is -2.47. The van der Waals surface area contributed by atoms with Gasteiger partial charge in [-0.05, 0) is 38.0 Å². The van der Waals surface area contributed by atoms with Crippen molar-refractivity contribution in [1.29, 1.82) is 0 Å². The molecule has 1 N–H and O–H groups in total. The van der Waals surface area contributed by atoms with Crippen molar-refractivity contribution in [3.8, 4) is 0 Å². The summed E-state index contributed by atoms with van der Waals surface area (Å²) in [5.74, 6) is -0.0231. The van der Waals surface area contributed by atoms with Crippen LogP contribution in [0.15, 0.2) is 18.2 Å². The van der Waals surface area contributed by atoms with E-state index in [0.29, 0.717) is 22.9 Å². The van der Waals surface area contributed by atoms with Crippen molar-refractivity contribution in [2.24, 2.45) is 0 Å². The van der Waals surface area contributed by atoms with Gasteiger partial charge in [0, 0.05) is 23.5 Å². The molecule has 0 saturated carbocycles. The number of aliphatic hydroxyl groups is 1. The van der Waals surface area contributed by atoms with E-state index in [0.717, 1.165) is 5.56 Å². The minimum absolute atomic E-state index is 0.0231. The Morgan fingerprint density at radius 2 is 2.00 bits per heavy atom. The summed E-state index contributed by atoms with van der Waals surface area (Å²) in [7, 11) is 1.70. The molecule has 0 aliphatic rings. The summed E-state index contributed by atoms with van der Waals surface area (Å²) >= 11 is 11.9. The van der Waals surface area contributed by atoms with E-state index in [4.69, 9.17) is 23.2 Å². The van der Waals surface area contributed by atoms with Crippen molar-refractivity contribution < 1.29 is 9.90 Å². The number of nitrogens with zero attached hydrogens (tertiary/aromatic N) is 1. The number of benzene rings is 1. The molecule has 1 rings (SSSR count). The lowest BCUT2D eigenvalue weighted by molar-refractivity contribution is -0.135. The molecule has 0 bridgehead atoms. The van der Waals surface area contributed by atoms with Crippen LogP contribution in [0.5, 0.6) is 0 Å². The minimum atomic E-state index is -0.555. The Morgan fingerprint density at radius 1 is 1.37 bits per heavy atom. The molecular weight excluding hydrogens is 285 g/mol. The molecule has 1 aromatic rings. The maximum atomic E-state index is 12.0. The van der Waals surface area contributed by atoms with Crippen LogP contribution in [-0.2, 0) is 11.2 Å². The van der Waals surface area contributed by atoms with E-state index in [-0.39, 0.29) is 12.5 Å². The van der Waals surface area contributed by atoms with Crippen molar-refractivity contribution in [2.75, 3.05) is 13.7 Å². The lowest BCUT2D eigenvalue weighted by atomic mass is 10.0. The third-order valence-corrected chi connectivity index (χ3v) is 3.88. The number of halogens is 2. The summed E-state index contributed by atoms with van der Waals surface area (Å²) in [6.07, 6.45) is 0.905. The molecule has 19 heavy (non-hydrogen) atoms. The SMILES string of the molecule is CN(C(=O)CCc1ccc(Cl)cc1Cl)C(C)(C)CO. The number of carbonyl (C=O) groups excluding carboxylic acids is 1. The maximum absolute atomic E-state index is 12.0. The predicted molar refractivity (Wildman–Crippen MR) is 78.7 cm³/mol. The molecule has 0 aliphatic heterocycles. The third kappa shape index (κ3) is 4.37. The van der Waals surface area contributed by atoms with Crippen molar-refractivity contribution in [2.45, 2.75) is 32.2 Å². The Bertz CT molecular complexity index is 461. The van der Waals surface area contributed by atoms with Crippen LogP contribution < -0.4 is 0 Å². The smallest absolute Gasteiger partial charge is 0.223 e. The van der Waals surface area contributed by atoms with Crippen LogP contribution in [0.25, 0.3) is 0 Å². The highest BCUT2D eigenvalue weighted by atomic mass is 35.5. The number of hydrogen-bond acceptors (Lipinski definition) is 2. The first-order valence-electron chi connectivity index (χ1n) is 6.09. The molecule has 5 heteroatoms. The monoisotopic (exact) mass is 303 g/mol. The predicted octanol–water partition coefficient (Wildman–Crippen LogP) is 3.16. The average Bonchev–Trinajstić information content (AvgIpc) is 2.36. The van der Waals surface area contributed by atoms with Crippen LogP contribution in [0, 0.1) is 0 Å². The molecule has 1 aromatic carbocycles. The van der Waals surface area contributed by atoms with Crippen molar-refractivity contribution in [3.05, 3.63) is 33.8 Å². The summed E-state index contributed by atoms with van der Waals surface area (Å²) in [5.41, 5.74) is 0.343. The fraction of sp³-hybridized carbons (Fsp3) is 0.500. The summed E-state index contributed by atoms with van der Waals surface area (Å²) in [6, 6.07) is 5.26. The first-order chi connectivity index (χ1) is 8.77. The molecule has 0 saturated heterocycles. The molecule has 3 nitrogen and oxygen atoms in total. The van der Waals surface area contributed by atoms with E-state index in [2.05, 4.69) is 0 Å². The van der Waals surface area contributed by atoms with Gasteiger partial charge in [-0.1, -0.05) is 29.3 Å². The summed E-state index contributed by atoms with van der Waals surface area (Å²) in [4.78, 5) is 13.6. The Hall–Kier alpha value is -0.770. The molecule has 0 unspecified atom stereocenters. The van der Waals surface area contributed by atoms with Gasteiger partial charge in [0.25, 0.3) is 0 Å². The van der Waals surface area contributed by atoms with E-state index in [1.807, 2.05) is 19.9 Å². The Balaban J connectivity index is 2.64. The normalized spacial score (nSPS) is 11.5. The molecule has 0 aromatic heterocycles. The van der Waals surface area contributed by atoms with Crippen LogP contribution in [0.4, 0.5) is 0 Å². The van der Waals surface area contributed by atoms with Crippen molar-refractivity contribution in [1.82, 2.24) is 4.90 Å². The number of hydrogen-bond donors (Lipinski definition) is 1. The molecular formula is C14H19Cl2NO2. The highest BCUT2D eigenvalue weighted by Crippen LogP contribution is 2.22. The quantitative estimate of drug-likeness (QED) is 0.908. The highest BCUT2D eigenvalue weighted by molar-refractivity contribution is 6.35. The fourth-order valence-corrected chi connectivity index (χ4v) is 2.08. The lowest BCUT2D eigenvalue weighted by Gasteiger charge is -2.34. The summed E-state index contributed by atoms with van der Waals surface area (Å²) < 4.78 is 0. The second-order valence-corrected chi connectivity index (χ2v) is 6.00. The molecule has 0 aliphatic carbocycles. The Labute approximate surface area is 124 Å². The molecule has 0 atom stereocenters. The largest absolute Gasteiger partial charge is 0.394 e. The Kier molecular flexibility index (Phi) is 5.65. The number of aryl methyl sites for hydroxylation is 1. The van der Waals surface area contributed by atoms with Gasteiger partial charge in [-0.25, -0.2) is 0 Å². The molecule has 0 radical (unpaired) electrons. The zero-order valence-corrected chi connectivity index (χ0v) is 12.9. The van der Waals surface area contributed by atoms with Crippen LogP contribution >= 0.6 is 23.2 Å². The summed E-state index contributed by atoms with van der Waals surface area (Å²) in [6.45, 7) is 3.57. The van der Waals surface area contributed by atoms with Gasteiger partial charge in [0.05, 0.1) is 12.1 Å². The number of rotatable bonds is 5. The second-order valence-electron chi connectivity index (χ2n) is 5.16. The van der Waals surface area contributed by atoms with E-state index < -0.39 is 5.54 Å². The first kappa shape index (κ1) is 16.3. The zero-order valence-electron chi connectivity index (χ0n) is 11.4. The second kappa shape index (κ2) is 6.60. The number of carbonyl (C=O) groups is 1. The van der Waals surface area contributed by atoms with Crippen LogP contribution in [0.1, 0.15) is 25.8 Å². The maximum Gasteiger partial charge on any atom is 0.223 e. The topological polar surface area (TPSA) is 40.5 Å². The molecule has 106 valence electrons. The molecule has 0 fully saturated rings. The van der Waals surface area contributed by atoms with Gasteiger partial charge in [0.15, 0.2) is 0 Å². The van der Waals surface area contributed by atoms with Crippen LogP contribution in [-0.4, -0.2) is 35.1 Å². The van der Waals surface area contributed by atoms with Crippen molar-refractivity contribution >= 4 is 29.1 Å². The molecule has 0 heterocycles. The Morgan fingerprint density at radius 3 is 2.53 bits per heavy atom. The van der Waals surface area contributed by atoms with Gasteiger partial charge in [0.1, 0.15) is 0 Å². The van der Waals surface area contributed by atoms with Crippen molar-refractivity contribution in [3.63, 3.8) is 0 Å². The van der Waals surface area contributed by atoms with E-state index >= 15 is 0 Å². The van der Waals surface area contributed by atoms with Crippen LogP contribution in [0.2, 0.25) is 10.0 Å². The highest BCUT2D eigenvalue weighted by Gasteiger charge is 2.26. The zero-order chi connectivity index (χ0) is 14.6. The molecule has 1 amide bonds. The van der Waals surface area contributed by atoms with E-state index in [1.165, 1.54) is 0 Å². The van der Waals surface area contributed by atoms with E-state index in [9.17, 15) is 9.90 Å². The standard InChI is InChI=1S/C14H19Cl2NO2/c1-14(2,9-18)17(3)13(19)7-5-10-4-6-11(15)8-12(10)16/h4,6,8,18H,5,7,9H2,1-3H3. The van der Waals surface area contributed by atoms with Gasteiger partial charge in [-0.3, -0.25) is 4.79 Å². The van der Waals surface area contributed by atoms with Gasteiger partial charge in [0.2, 0.25) is 5.91 Å². The average molecular weight is 304 g/mol. The van der Waals surface area contributed by atoms with E-state index in [1.54, 1.807) is 24.1 Å². The van der Waals surface area contributed by atoms with Gasteiger partial charge in [-0.15, -0.1) is 0 Å². The summed E-state index contributed by atoms with van der Waals surface area (Å²) in [5, 5.41) is 10.4. The van der Waals surface area contributed by atoms with Gasteiger partial charge >= 0.3 is 0 Å². The van der Waals surface area contributed by atoms with Gasteiger partial charge in [-0.2, -0.15) is 0 Å². The van der Waals surface area contributed by atoms with Crippen LogP contribution in [0.3, 0.4) is 0 Å². The number of likely N-dealkylation sites (N-methyl/N-ethyl adjacent to an activating group) is 1. The molecule has 0 spiro atoms. The fourth-order valence-electron chi connectivity index (χ4n) is 1.58. The number of amides is 1. The third-order valence-electron chi connectivity index (χ3n) is 3.29. The minimum Gasteiger partial charge on any atom is -0.394 e. The first-order valence-corrected chi connectivity index (χ1v) is 6.85.